The molecule has 6 heteroatoms. The highest BCUT2D eigenvalue weighted by molar-refractivity contribution is 8.14. The molecule has 0 spiro atoms. The van der Waals surface area contributed by atoms with Crippen LogP contribution in [0.3, 0.4) is 0 Å². The third kappa shape index (κ3) is 2.31. The van der Waals surface area contributed by atoms with Crippen molar-refractivity contribution in [1.29, 1.82) is 0 Å². The maximum Gasteiger partial charge on any atom is 0.251 e. The highest BCUT2D eigenvalue weighted by atomic mass is 32.2. The summed E-state index contributed by atoms with van der Waals surface area (Å²) in [6.07, 6.45) is 0.387. The number of rotatable bonds is 2. The Kier molecular flexibility index (Phi) is 3.25. The molecule has 0 aromatic heterocycles. The van der Waals surface area contributed by atoms with Crippen LogP contribution >= 0.6 is 11.8 Å². The van der Waals surface area contributed by atoms with Gasteiger partial charge in [-0.05, 0) is 23.8 Å². The molecule has 0 bridgehead atoms. The number of hydrogen-bond acceptors (Lipinski definition) is 4. The number of carbonyl (C=O) groups excluding carboxylic acids is 3. The second kappa shape index (κ2) is 4.94. The molecule has 0 saturated carbocycles. The lowest BCUT2D eigenvalue weighted by Gasteiger charge is -2.17. The first-order valence-electron chi connectivity index (χ1n) is 6.43. The van der Waals surface area contributed by atoms with Crippen molar-refractivity contribution >= 4 is 34.4 Å². The van der Waals surface area contributed by atoms with Crippen LogP contribution in [0.5, 0.6) is 0 Å². The first kappa shape index (κ1) is 13.2. The normalized spacial score (nSPS) is 21.1. The molecule has 1 N–H and O–H groups in total. The van der Waals surface area contributed by atoms with Gasteiger partial charge >= 0.3 is 0 Å². The zero-order chi connectivity index (χ0) is 14.3. The highest BCUT2D eigenvalue weighted by Gasteiger charge is 2.32. The number of nitrogens with zero attached hydrogens (tertiary/aromatic N) is 1. The zero-order valence-corrected chi connectivity index (χ0v) is 11.8. The van der Waals surface area contributed by atoms with E-state index < -0.39 is 0 Å². The van der Waals surface area contributed by atoms with Crippen LogP contribution in [0.4, 0.5) is 5.69 Å². The van der Waals surface area contributed by atoms with E-state index in [1.165, 1.54) is 18.7 Å². The van der Waals surface area contributed by atoms with E-state index in [-0.39, 0.29) is 22.2 Å². The number of nitrogens with one attached hydrogen (secondary N) is 1. The van der Waals surface area contributed by atoms with E-state index in [9.17, 15) is 14.4 Å². The van der Waals surface area contributed by atoms with Crippen LogP contribution in [-0.2, 0) is 16.1 Å². The third-order valence-corrected chi connectivity index (χ3v) is 4.49. The summed E-state index contributed by atoms with van der Waals surface area (Å²) in [4.78, 5) is 36.4. The maximum atomic E-state index is 12.0. The van der Waals surface area contributed by atoms with Gasteiger partial charge in [-0.3, -0.25) is 14.4 Å². The highest BCUT2D eigenvalue weighted by Crippen LogP contribution is 2.30. The third-order valence-electron chi connectivity index (χ3n) is 3.51. The van der Waals surface area contributed by atoms with Gasteiger partial charge in [0.15, 0.2) is 5.12 Å². The second-order valence-corrected chi connectivity index (χ2v) is 6.44. The standard InChI is InChI=1S/C14H14N2O3S/c1-8(17)20-11-5-13(18)16(7-11)10-2-3-12-9(4-10)6-15-14(12)19/h2-4,11H,5-7H2,1H3,(H,15,19). The molecule has 2 amide bonds. The molecule has 5 nitrogen and oxygen atoms in total. The SMILES string of the molecule is CC(=O)SC1CC(=O)N(c2ccc3c(c2)CNC3=O)C1. The smallest absolute Gasteiger partial charge is 0.251 e. The topological polar surface area (TPSA) is 66.5 Å². The van der Waals surface area contributed by atoms with E-state index in [2.05, 4.69) is 5.32 Å². The van der Waals surface area contributed by atoms with Crippen molar-refractivity contribution in [1.82, 2.24) is 5.32 Å². The van der Waals surface area contributed by atoms with Gasteiger partial charge in [0.1, 0.15) is 0 Å². The molecule has 2 heterocycles. The van der Waals surface area contributed by atoms with Gasteiger partial charge in [0.05, 0.1) is 0 Å². The molecular formula is C14H14N2O3S. The number of thioether (sulfide) groups is 1. The minimum atomic E-state index is -0.0655. The molecule has 104 valence electrons. The molecule has 3 rings (SSSR count). The van der Waals surface area contributed by atoms with Crippen LogP contribution in [0.15, 0.2) is 18.2 Å². The van der Waals surface area contributed by atoms with Crippen molar-refractivity contribution in [2.24, 2.45) is 0 Å². The Balaban J connectivity index is 1.82. The van der Waals surface area contributed by atoms with Gasteiger partial charge < -0.3 is 10.2 Å². The van der Waals surface area contributed by atoms with Gasteiger partial charge in [-0.1, -0.05) is 11.8 Å². The first-order chi connectivity index (χ1) is 9.54. The van der Waals surface area contributed by atoms with Crippen molar-refractivity contribution in [2.45, 2.75) is 25.1 Å². The van der Waals surface area contributed by atoms with Crippen LogP contribution in [0.2, 0.25) is 0 Å². The fourth-order valence-corrected chi connectivity index (χ4v) is 3.54. The van der Waals surface area contributed by atoms with Crippen molar-refractivity contribution in [3.8, 4) is 0 Å². The number of anilines is 1. The number of hydrogen-bond donors (Lipinski definition) is 1. The molecule has 1 atom stereocenters. The first-order valence-corrected chi connectivity index (χ1v) is 7.31. The summed E-state index contributed by atoms with van der Waals surface area (Å²) in [5, 5.41) is 2.81. The van der Waals surface area contributed by atoms with Crippen LogP contribution in [-0.4, -0.2) is 28.7 Å². The Morgan fingerprint density at radius 2 is 2.20 bits per heavy atom. The van der Waals surface area contributed by atoms with Crippen molar-refractivity contribution in [3.05, 3.63) is 29.3 Å². The minimum absolute atomic E-state index is 0.0213. The number of carbonyl (C=O) groups is 3. The molecule has 20 heavy (non-hydrogen) atoms. The minimum Gasteiger partial charge on any atom is -0.348 e. The summed E-state index contributed by atoms with van der Waals surface area (Å²) in [6, 6.07) is 5.43. The number of fused-ring (bicyclic) bond motifs is 1. The van der Waals surface area contributed by atoms with Crippen molar-refractivity contribution < 1.29 is 14.4 Å². The Morgan fingerprint density at radius 1 is 1.40 bits per heavy atom. The van der Waals surface area contributed by atoms with Crippen LogP contribution < -0.4 is 10.2 Å². The van der Waals surface area contributed by atoms with E-state index in [4.69, 9.17) is 0 Å². The molecule has 1 fully saturated rings. The molecule has 1 aromatic carbocycles. The maximum absolute atomic E-state index is 12.0. The van der Waals surface area contributed by atoms with E-state index in [1.54, 1.807) is 17.0 Å². The molecule has 0 radical (unpaired) electrons. The van der Waals surface area contributed by atoms with E-state index in [0.717, 1.165) is 11.3 Å². The van der Waals surface area contributed by atoms with Gasteiger partial charge in [-0.2, -0.15) is 0 Å². The predicted molar refractivity (Wildman–Crippen MR) is 76.6 cm³/mol. The largest absolute Gasteiger partial charge is 0.348 e. The lowest BCUT2D eigenvalue weighted by molar-refractivity contribution is -0.117. The van der Waals surface area contributed by atoms with Gasteiger partial charge in [0, 0.05) is 42.9 Å². The Hall–Kier alpha value is -1.82. The van der Waals surface area contributed by atoms with Crippen molar-refractivity contribution in [3.63, 3.8) is 0 Å². The van der Waals surface area contributed by atoms with E-state index in [0.29, 0.717) is 25.1 Å². The Labute approximate surface area is 120 Å². The molecule has 1 unspecified atom stereocenters. The average Bonchev–Trinajstić information content (AvgIpc) is 2.92. The summed E-state index contributed by atoms with van der Waals surface area (Å²) >= 11 is 1.22. The molecule has 2 aliphatic heterocycles. The van der Waals surface area contributed by atoms with E-state index in [1.807, 2.05) is 6.07 Å². The zero-order valence-electron chi connectivity index (χ0n) is 11.0. The summed E-state index contributed by atoms with van der Waals surface area (Å²) in [7, 11) is 0. The molecular weight excluding hydrogens is 276 g/mol. The van der Waals surface area contributed by atoms with E-state index >= 15 is 0 Å². The summed E-state index contributed by atoms with van der Waals surface area (Å²) < 4.78 is 0. The fourth-order valence-electron chi connectivity index (χ4n) is 2.62. The predicted octanol–water partition coefficient (Wildman–Crippen LogP) is 1.31. The van der Waals surface area contributed by atoms with Gasteiger partial charge in [0.25, 0.3) is 5.91 Å². The van der Waals surface area contributed by atoms with Crippen LogP contribution in [0.25, 0.3) is 0 Å². The number of amides is 2. The molecule has 0 aliphatic carbocycles. The molecule has 2 aliphatic rings. The van der Waals surface area contributed by atoms with Crippen LogP contribution in [0.1, 0.15) is 29.3 Å². The van der Waals surface area contributed by atoms with Crippen LogP contribution in [0, 0.1) is 0 Å². The quantitative estimate of drug-likeness (QED) is 0.892. The van der Waals surface area contributed by atoms with Gasteiger partial charge in [-0.25, -0.2) is 0 Å². The Bertz CT molecular complexity index is 614. The monoisotopic (exact) mass is 290 g/mol. The average molecular weight is 290 g/mol. The van der Waals surface area contributed by atoms with Crippen molar-refractivity contribution in [2.75, 3.05) is 11.4 Å². The van der Waals surface area contributed by atoms with Gasteiger partial charge in [-0.15, -0.1) is 0 Å². The number of benzene rings is 1. The molecule has 1 saturated heterocycles. The second-order valence-electron chi connectivity index (χ2n) is 4.96. The van der Waals surface area contributed by atoms with Gasteiger partial charge in [0.2, 0.25) is 5.91 Å². The molecule has 1 aromatic rings. The Morgan fingerprint density at radius 3 is 2.95 bits per heavy atom. The summed E-state index contributed by atoms with van der Waals surface area (Å²) in [6.45, 7) is 2.57. The summed E-state index contributed by atoms with van der Waals surface area (Å²) in [5.41, 5.74) is 2.40. The summed E-state index contributed by atoms with van der Waals surface area (Å²) in [5.74, 6) is -0.0368. The fraction of sp³-hybridized carbons (Fsp3) is 0.357. The lowest BCUT2D eigenvalue weighted by Crippen LogP contribution is -2.25. The lowest BCUT2D eigenvalue weighted by atomic mass is 10.1.